The molecule has 0 bridgehead atoms. The molecule has 0 amide bonds. The first-order valence-electron chi connectivity index (χ1n) is 13.4. The molecule has 2 atom stereocenters. The van der Waals surface area contributed by atoms with E-state index < -0.39 is 21.5 Å². The number of hydrogen-bond donors (Lipinski definition) is 0. The predicted molar refractivity (Wildman–Crippen MR) is 178 cm³/mol. The summed E-state index contributed by atoms with van der Waals surface area (Å²) in [4.78, 5) is 8.44. The number of fused-ring (bicyclic) bond motifs is 2. The zero-order valence-corrected chi connectivity index (χ0v) is 31.0. The Morgan fingerprint density at radius 3 is 1.38 bits per heavy atom. The minimum absolute atomic E-state index is 0.0344. The van der Waals surface area contributed by atoms with E-state index in [-0.39, 0.29) is 7.25 Å². The second-order valence-electron chi connectivity index (χ2n) is 11.4. The molecule has 0 radical (unpaired) electrons. The molecular weight excluding hydrogens is 762 g/mol. The van der Waals surface area contributed by atoms with Crippen molar-refractivity contribution in [3.63, 3.8) is 0 Å². The summed E-state index contributed by atoms with van der Waals surface area (Å²) in [5, 5.41) is 0. The number of hydrogen-bond acceptors (Lipinski definition) is 2. The monoisotopic (exact) mass is 787 g/mol. The molecule has 2 aliphatic rings. The van der Waals surface area contributed by atoms with E-state index >= 15 is 0 Å². The van der Waals surface area contributed by atoms with Crippen LogP contribution in [0.15, 0.2) is 93.4 Å². The molecule has 2 aromatic heterocycles. The summed E-state index contributed by atoms with van der Waals surface area (Å²) < 4.78 is 2.23. The third kappa shape index (κ3) is 4.48. The van der Waals surface area contributed by atoms with Gasteiger partial charge in [-0.15, -0.1) is 0 Å². The van der Waals surface area contributed by atoms with Gasteiger partial charge in [-0.1, -0.05) is 0 Å². The van der Waals surface area contributed by atoms with Gasteiger partial charge in [0.05, 0.1) is 0 Å². The van der Waals surface area contributed by atoms with Crippen LogP contribution in [0.4, 0.5) is 0 Å². The average molecular weight is 792 g/mol. The van der Waals surface area contributed by atoms with Crippen molar-refractivity contribution < 1.29 is 15.6 Å². The maximum atomic E-state index is 8.39. The van der Waals surface area contributed by atoms with Crippen molar-refractivity contribution in [3.05, 3.63) is 116 Å². The molecule has 8 heteroatoms. The molecule has 0 aliphatic heterocycles. The summed E-state index contributed by atoms with van der Waals surface area (Å²) in [6.45, 7) is 9.23. The molecule has 2 aliphatic carbocycles. The Balaban J connectivity index is 1.58. The van der Waals surface area contributed by atoms with E-state index in [0.717, 1.165) is 31.2 Å². The van der Waals surface area contributed by atoms with Gasteiger partial charge in [-0.2, -0.15) is 0 Å². The molecule has 2 nitrogen and oxygen atoms in total. The van der Waals surface area contributed by atoms with Gasteiger partial charge in [-0.25, -0.2) is 0 Å². The van der Waals surface area contributed by atoms with Gasteiger partial charge in [-0.3, -0.25) is 0 Å². The Kier molecular flexibility index (Phi) is 7.63. The Bertz CT molecular complexity index is 1600. The Hall–Kier alpha value is -1.14. The van der Waals surface area contributed by atoms with E-state index in [2.05, 4.69) is 129 Å². The molecule has 203 valence electrons. The first-order chi connectivity index (χ1) is 19.0. The summed E-state index contributed by atoms with van der Waals surface area (Å²) in [6, 6.07) is 17.3. The van der Waals surface area contributed by atoms with Gasteiger partial charge >= 0.3 is 265 Å². The number of nitrogens with zero attached hydrogens (tertiary/aromatic N) is 2. The van der Waals surface area contributed by atoms with Gasteiger partial charge in [0.1, 0.15) is 0 Å². The average Bonchev–Trinajstić information content (AvgIpc) is 3.47. The number of aromatic nitrogens is 2. The van der Waals surface area contributed by atoms with Crippen LogP contribution in [-0.4, -0.2) is 15.9 Å². The first kappa shape index (κ1) is 29.0. The second kappa shape index (κ2) is 10.5. The van der Waals surface area contributed by atoms with Crippen molar-refractivity contribution in [2.24, 2.45) is 0 Å². The molecular formula is C32H29Br2Cl2N2SiZr. The molecule has 0 saturated heterocycles. The van der Waals surface area contributed by atoms with E-state index in [1.807, 2.05) is 24.8 Å². The van der Waals surface area contributed by atoms with Gasteiger partial charge in [0.15, 0.2) is 0 Å². The van der Waals surface area contributed by atoms with Gasteiger partial charge in [0, 0.05) is 0 Å². The van der Waals surface area contributed by atoms with Crippen LogP contribution in [0, 0.1) is 0 Å². The fourth-order valence-electron chi connectivity index (χ4n) is 6.89. The molecule has 0 spiro atoms. The van der Waals surface area contributed by atoms with Crippen molar-refractivity contribution in [2.75, 3.05) is 0 Å². The molecule has 2 unspecified atom stereocenters. The van der Waals surface area contributed by atoms with Crippen LogP contribution in [0.5, 0.6) is 0 Å². The van der Waals surface area contributed by atoms with Crippen LogP contribution >= 0.6 is 48.9 Å². The van der Waals surface area contributed by atoms with Crippen LogP contribution in [-0.2, 0) is 15.6 Å². The number of pyridine rings is 2. The van der Waals surface area contributed by atoms with Crippen molar-refractivity contribution in [1.29, 1.82) is 0 Å². The van der Waals surface area contributed by atoms with Crippen molar-refractivity contribution in [1.82, 2.24) is 9.97 Å². The van der Waals surface area contributed by atoms with Crippen LogP contribution in [0.25, 0.3) is 34.4 Å². The van der Waals surface area contributed by atoms with Crippen molar-refractivity contribution >= 4 is 67.0 Å². The first-order valence-corrected chi connectivity index (χ1v) is 31.3. The summed E-state index contributed by atoms with van der Waals surface area (Å²) in [6.07, 6.45) is 12.0. The topological polar surface area (TPSA) is 25.8 Å². The van der Waals surface area contributed by atoms with Crippen molar-refractivity contribution in [3.8, 4) is 22.3 Å². The normalized spacial score (nSPS) is 19.1. The molecule has 0 N–H and O–H groups in total. The second-order valence-corrected chi connectivity index (χ2v) is 55.6. The Morgan fingerprint density at radius 2 is 1.02 bits per heavy atom. The zero-order chi connectivity index (χ0) is 28.4. The predicted octanol–water partition coefficient (Wildman–Crippen LogP) is 10.9. The van der Waals surface area contributed by atoms with Gasteiger partial charge in [0.2, 0.25) is 0 Å². The molecule has 4 aromatic rings. The summed E-state index contributed by atoms with van der Waals surface area (Å²) in [5.41, 5.74) is 12.1. The minimum atomic E-state index is -4.76. The van der Waals surface area contributed by atoms with Crippen LogP contribution in [0.1, 0.15) is 43.4 Å². The quantitative estimate of drug-likeness (QED) is 0.188. The molecule has 40 heavy (non-hydrogen) atoms. The molecule has 0 fully saturated rings. The van der Waals surface area contributed by atoms with E-state index in [9.17, 15) is 0 Å². The van der Waals surface area contributed by atoms with Gasteiger partial charge in [0.25, 0.3) is 0 Å². The molecule has 6 rings (SSSR count). The fraction of sp³-hybridized carbons (Fsp3) is 0.188. The van der Waals surface area contributed by atoms with Crippen LogP contribution < -0.4 is 0 Å². The van der Waals surface area contributed by atoms with Crippen LogP contribution in [0.2, 0.25) is 13.1 Å². The van der Waals surface area contributed by atoms with E-state index in [4.69, 9.17) is 17.0 Å². The van der Waals surface area contributed by atoms with E-state index in [0.29, 0.717) is 0 Å². The molecule has 2 heterocycles. The number of benzene rings is 2. The fourth-order valence-corrected chi connectivity index (χ4v) is 40.9. The van der Waals surface area contributed by atoms with E-state index in [1.165, 1.54) is 33.4 Å². The third-order valence-corrected chi connectivity index (χ3v) is 62.4. The Labute approximate surface area is 262 Å². The zero-order valence-electron chi connectivity index (χ0n) is 22.7. The Morgan fingerprint density at radius 1 is 0.650 bits per heavy atom. The van der Waals surface area contributed by atoms with Gasteiger partial charge < -0.3 is 0 Å². The van der Waals surface area contributed by atoms with E-state index in [1.54, 1.807) is 0 Å². The molecule has 2 aromatic carbocycles. The summed E-state index contributed by atoms with van der Waals surface area (Å²) >= 11 is 3.04. The van der Waals surface area contributed by atoms with Gasteiger partial charge in [-0.05, 0) is 0 Å². The SMILES string of the molecule is CC1=Cc2c(Br)cc(-c3ccncc3)cc2[CH]1[Zr]([Cl])([Cl])([CH]1C(C)=Cc2c(Br)cc(-c3ccncc3)cc21)[SiH](C)C. The summed E-state index contributed by atoms with van der Waals surface area (Å²) in [5.74, 6) is -1.62. The third-order valence-electron chi connectivity index (χ3n) is 8.83. The number of halogens is 4. The van der Waals surface area contributed by atoms with Crippen LogP contribution in [0.3, 0.4) is 0 Å². The number of rotatable bonds is 5. The summed E-state index contributed by atoms with van der Waals surface area (Å²) in [7, 11) is 16.8. The van der Waals surface area contributed by atoms with Crippen molar-refractivity contribution in [2.45, 2.75) is 34.2 Å². The maximum absolute atomic E-state index is 8.39. The standard InChI is InChI=1S/2C15H11BrN.C2H7Si.2ClH.Zr/c2*1-10-6-13-8-12(9-15(16)14(13)7-10)11-2-4-17-5-3-11;1-3-2;;;/h2*2-9H,1H3;3H,1-2H3;2*1H;/q;;;;;+2/p-2. The molecule has 0 saturated carbocycles. The number of allylic oxidation sites excluding steroid dienone is 2.